The first-order chi connectivity index (χ1) is 21.0. The second-order valence-corrected chi connectivity index (χ2v) is 12.2. The molecule has 0 unspecified atom stereocenters. The summed E-state index contributed by atoms with van der Waals surface area (Å²) in [4.78, 5) is 2.37. The van der Waals surface area contributed by atoms with Gasteiger partial charge in [0.05, 0.1) is 0 Å². The summed E-state index contributed by atoms with van der Waals surface area (Å²) in [7, 11) is 0. The van der Waals surface area contributed by atoms with Gasteiger partial charge in [-0.3, -0.25) is 0 Å². The van der Waals surface area contributed by atoms with Gasteiger partial charge in [0.1, 0.15) is 11.2 Å². The number of furan rings is 1. The molecule has 0 N–H and O–H groups in total. The summed E-state index contributed by atoms with van der Waals surface area (Å²) in [5.74, 6) is 0. The molecule has 2 heteroatoms. The summed E-state index contributed by atoms with van der Waals surface area (Å²) >= 11 is 0. The van der Waals surface area contributed by atoms with E-state index < -0.39 is 0 Å². The molecule has 0 bridgehead atoms. The van der Waals surface area contributed by atoms with E-state index in [1.807, 2.05) is 0 Å². The second kappa shape index (κ2) is 8.83. The van der Waals surface area contributed by atoms with Gasteiger partial charge in [0.25, 0.3) is 0 Å². The van der Waals surface area contributed by atoms with Gasteiger partial charge in [0, 0.05) is 33.2 Å². The Morgan fingerprint density at radius 3 is 1.81 bits per heavy atom. The lowest BCUT2D eigenvalue weighted by Gasteiger charge is -2.28. The fraction of sp³-hybridized carbons (Fsp3) is 0.0732. The first-order valence-electron chi connectivity index (χ1n) is 14.9. The highest BCUT2D eigenvalue weighted by Gasteiger charge is 2.35. The third kappa shape index (κ3) is 3.60. The number of para-hydroxylation sites is 1. The van der Waals surface area contributed by atoms with E-state index in [9.17, 15) is 0 Å². The highest BCUT2D eigenvalue weighted by molar-refractivity contribution is 6.13. The van der Waals surface area contributed by atoms with Crippen molar-refractivity contribution in [2.75, 3.05) is 4.90 Å². The van der Waals surface area contributed by atoms with Crippen LogP contribution in [0.25, 0.3) is 54.6 Å². The topological polar surface area (TPSA) is 16.4 Å². The lowest BCUT2D eigenvalue weighted by atomic mass is 9.82. The van der Waals surface area contributed by atoms with Gasteiger partial charge >= 0.3 is 0 Å². The quantitative estimate of drug-likeness (QED) is 0.217. The molecule has 1 heterocycles. The highest BCUT2D eigenvalue weighted by Crippen LogP contribution is 2.50. The summed E-state index contributed by atoms with van der Waals surface area (Å²) in [5, 5.41) is 7.09. The van der Waals surface area contributed by atoms with Crippen molar-refractivity contribution < 1.29 is 4.42 Å². The van der Waals surface area contributed by atoms with Crippen LogP contribution in [-0.2, 0) is 5.41 Å². The predicted molar refractivity (Wildman–Crippen MR) is 181 cm³/mol. The average molecular weight is 552 g/mol. The molecule has 0 radical (unpaired) electrons. The first kappa shape index (κ1) is 24.3. The van der Waals surface area contributed by atoms with E-state index in [4.69, 9.17) is 4.42 Å². The number of rotatable bonds is 3. The normalized spacial score (nSPS) is 13.5. The Labute approximate surface area is 250 Å². The van der Waals surface area contributed by atoms with E-state index in [0.717, 1.165) is 44.4 Å². The van der Waals surface area contributed by atoms with Gasteiger partial charge < -0.3 is 9.32 Å². The summed E-state index contributed by atoms with van der Waals surface area (Å²) in [5.41, 5.74) is 10.6. The molecular formula is C41H29NO. The molecule has 0 atom stereocenters. The zero-order valence-corrected chi connectivity index (χ0v) is 24.1. The van der Waals surface area contributed by atoms with Crippen LogP contribution in [0.1, 0.15) is 25.0 Å². The molecule has 9 rings (SSSR count). The van der Waals surface area contributed by atoms with E-state index in [1.54, 1.807) is 0 Å². The Balaban J connectivity index is 1.22. The Morgan fingerprint density at radius 2 is 1.02 bits per heavy atom. The van der Waals surface area contributed by atoms with Crippen LogP contribution in [0.4, 0.5) is 17.1 Å². The van der Waals surface area contributed by atoms with Crippen molar-refractivity contribution in [1.82, 2.24) is 0 Å². The maximum absolute atomic E-state index is 6.43. The monoisotopic (exact) mass is 551 g/mol. The van der Waals surface area contributed by atoms with Crippen molar-refractivity contribution in [3.05, 3.63) is 151 Å². The Bertz CT molecular complexity index is 2380. The molecule has 0 amide bonds. The van der Waals surface area contributed by atoms with E-state index in [-0.39, 0.29) is 5.41 Å². The van der Waals surface area contributed by atoms with Gasteiger partial charge in [0.15, 0.2) is 0 Å². The molecule has 204 valence electrons. The second-order valence-electron chi connectivity index (χ2n) is 12.2. The first-order valence-corrected chi connectivity index (χ1v) is 14.9. The van der Waals surface area contributed by atoms with Crippen molar-refractivity contribution in [3.8, 4) is 11.1 Å². The van der Waals surface area contributed by atoms with E-state index in [0.29, 0.717) is 0 Å². The van der Waals surface area contributed by atoms with Gasteiger partial charge in [0.2, 0.25) is 0 Å². The molecule has 0 saturated heterocycles. The number of hydrogen-bond acceptors (Lipinski definition) is 2. The van der Waals surface area contributed by atoms with Gasteiger partial charge in [-0.1, -0.05) is 92.7 Å². The molecule has 43 heavy (non-hydrogen) atoms. The van der Waals surface area contributed by atoms with E-state index in [2.05, 4.69) is 158 Å². The van der Waals surface area contributed by atoms with Gasteiger partial charge in [-0.25, -0.2) is 0 Å². The number of anilines is 3. The molecule has 1 aromatic heterocycles. The molecule has 2 nitrogen and oxygen atoms in total. The van der Waals surface area contributed by atoms with Gasteiger partial charge in [-0.15, -0.1) is 0 Å². The van der Waals surface area contributed by atoms with E-state index in [1.165, 1.54) is 38.4 Å². The molecule has 1 aliphatic rings. The van der Waals surface area contributed by atoms with Crippen molar-refractivity contribution in [1.29, 1.82) is 0 Å². The predicted octanol–water partition coefficient (Wildman–Crippen LogP) is 11.7. The minimum Gasteiger partial charge on any atom is -0.456 e. The summed E-state index contributed by atoms with van der Waals surface area (Å²) in [6, 6.07) is 50.6. The average Bonchev–Trinajstić information content (AvgIpc) is 3.49. The largest absolute Gasteiger partial charge is 0.456 e. The maximum atomic E-state index is 6.43. The fourth-order valence-electron chi connectivity index (χ4n) is 7.19. The van der Waals surface area contributed by atoms with Crippen LogP contribution in [-0.4, -0.2) is 0 Å². The molecular weight excluding hydrogens is 522 g/mol. The van der Waals surface area contributed by atoms with Crippen molar-refractivity contribution in [3.63, 3.8) is 0 Å². The maximum Gasteiger partial charge on any atom is 0.136 e. The van der Waals surface area contributed by atoms with E-state index >= 15 is 0 Å². The Hall–Kier alpha value is -5.34. The van der Waals surface area contributed by atoms with Crippen LogP contribution in [0.2, 0.25) is 0 Å². The Morgan fingerprint density at radius 1 is 0.442 bits per heavy atom. The number of benzene rings is 7. The van der Waals surface area contributed by atoms with Crippen LogP contribution in [0.15, 0.2) is 144 Å². The third-order valence-electron chi connectivity index (χ3n) is 9.38. The lowest BCUT2D eigenvalue weighted by molar-refractivity contribution is 0.660. The summed E-state index contributed by atoms with van der Waals surface area (Å²) in [6.07, 6.45) is 0. The standard InChI is InChI=1S/C41H29NO/c1-41(2)37-15-9-8-14-33(37)34-19-18-32(25-38(34)41)42(30-12-4-3-5-13-30)31-17-16-28-22-36-35-21-26-10-6-7-11-27(26)23-39(35)43-40(36)24-29(28)20-31/h3-25H,1-2H3. The molecule has 1 aliphatic carbocycles. The minimum atomic E-state index is -0.0641. The van der Waals surface area contributed by atoms with Crippen LogP contribution >= 0.6 is 0 Å². The summed E-state index contributed by atoms with van der Waals surface area (Å²) < 4.78 is 6.43. The molecule has 8 aromatic rings. The number of nitrogens with zero attached hydrogens (tertiary/aromatic N) is 1. The number of hydrogen-bond donors (Lipinski definition) is 0. The fourth-order valence-corrected chi connectivity index (χ4v) is 7.19. The van der Waals surface area contributed by atoms with Gasteiger partial charge in [-0.05, 0) is 104 Å². The molecule has 0 spiro atoms. The Kier molecular flexibility index (Phi) is 4.99. The van der Waals surface area contributed by atoms with Crippen molar-refractivity contribution in [2.24, 2.45) is 0 Å². The molecule has 0 saturated carbocycles. The SMILES string of the molecule is CC1(C)c2ccccc2-c2ccc(N(c3ccccc3)c3ccc4cc5c(cc4c3)oc3cc4ccccc4cc35)cc21. The van der Waals surface area contributed by atoms with Crippen molar-refractivity contribution >= 4 is 60.5 Å². The molecule has 0 fully saturated rings. The molecule has 7 aromatic carbocycles. The van der Waals surface area contributed by atoms with Crippen LogP contribution in [0, 0.1) is 0 Å². The molecule has 0 aliphatic heterocycles. The van der Waals surface area contributed by atoms with Crippen LogP contribution in [0.3, 0.4) is 0 Å². The zero-order chi connectivity index (χ0) is 28.7. The van der Waals surface area contributed by atoms with Crippen molar-refractivity contribution in [2.45, 2.75) is 19.3 Å². The summed E-state index contributed by atoms with van der Waals surface area (Å²) in [6.45, 7) is 4.68. The number of fused-ring (bicyclic) bond motifs is 8. The highest BCUT2D eigenvalue weighted by atomic mass is 16.3. The van der Waals surface area contributed by atoms with Crippen LogP contribution < -0.4 is 4.90 Å². The minimum absolute atomic E-state index is 0.0641. The third-order valence-corrected chi connectivity index (χ3v) is 9.38. The smallest absolute Gasteiger partial charge is 0.136 e. The lowest BCUT2D eigenvalue weighted by Crippen LogP contribution is -2.16. The van der Waals surface area contributed by atoms with Crippen LogP contribution in [0.5, 0.6) is 0 Å². The zero-order valence-electron chi connectivity index (χ0n) is 24.1. The van der Waals surface area contributed by atoms with Gasteiger partial charge in [-0.2, -0.15) is 0 Å².